The van der Waals surface area contributed by atoms with Gasteiger partial charge in [0.25, 0.3) is 0 Å². The minimum absolute atomic E-state index is 0.200. The van der Waals surface area contributed by atoms with Gasteiger partial charge in [-0.25, -0.2) is 13.6 Å². The molecule has 2 N–H and O–H groups in total. The Balaban J connectivity index is 2.10. The molecule has 0 radical (unpaired) electrons. The Morgan fingerprint density at radius 1 is 1.15 bits per heavy atom. The van der Waals surface area contributed by atoms with Crippen LogP contribution in [0.2, 0.25) is 0 Å². The van der Waals surface area contributed by atoms with Gasteiger partial charge in [0.2, 0.25) is 0 Å². The number of hydrogen-bond donors (Lipinski definition) is 1. The highest BCUT2D eigenvalue weighted by atomic mass is 79.9. The lowest BCUT2D eigenvalue weighted by atomic mass is 10.2. The quantitative estimate of drug-likeness (QED) is 0.684. The van der Waals surface area contributed by atoms with E-state index in [1.54, 1.807) is 6.07 Å². The summed E-state index contributed by atoms with van der Waals surface area (Å²) in [4.78, 5) is 11.7. The van der Waals surface area contributed by atoms with Crippen molar-refractivity contribution in [1.29, 1.82) is 0 Å². The molecule has 0 aliphatic heterocycles. The van der Waals surface area contributed by atoms with Gasteiger partial charge in [0.05, 0.1) is 5.56 Å². The zero-order chi connectivity index (χ0) is 14.7. The third kappa shape index (κ3) is 3.33. The van der Waals surface area contributed by atoms with E-state index in [9.17, 15) is 13.6 Å². The van der Waals surface area contributed by atoms with E-state index >= 15 is 0 Å². The van der Waals surface area contributed by atoms with Crippen molar-refractivity contribution in [2.24, 2.45) is 0 Å². The third-order valence-corrected chi connectivity index (χ3v) is 3.08. The monoisotopic (exact) mass is 341 g/mol. The number of rotatable bonds is 3. The van der Waals surface area contributed by atoms with Gasteiger partial charge in [-0.05, 0) is 30.3 Å². The second-order valence-corrected chi connectivity index (χ2v) is 4.97. The summed E-state index contributed by atoms with van der Waals surface area (Å²) >= 11 is 3.12. The van der Waals surface area contributed by atoms with Crippen LogP contribution in [0.1, 0.15) is 15.9 Å². The van der Waals surface area contributed by atoms with Crippen LogP contribution in [0, 0.1) is 11.6 Å². The van der Waals surface area contributed by atoms with E-state index in [2.05, 4.69) is 15.9 Å². The first kappa shape index (κ1) is 14.5. The Kier molecular flexibility index (Phi) is 4.34. The van der Waals surface area contributed by atoms with Crippen LogP contribution in [-0.2, 0) is 11.3 Å². The molecular weight excluding hydrogens is 332 g/mol. The van der Waals surface area contributed by atoms with Crippen molar-refractivity contribution in [3.8, 4) is 0 Å². The average molecular weight is 342 g/mol. The molecule has 0 aliphatic rings. The van der Waals surface area contributed by atoms with E-state index < -0.39 is 17.6 Å². The third-order valence-electron chi connectivity index (χ3n) is 2.58. The van der Waals surface area contributed by atoms with Gasteiger partial charge >= 0.3 is 5.97 Å². The first-order valence-corrected chi connectivity index (χ1v) is 6.43. The number of anilines is 1. The van der Waals surface area contributed by atoms with Gasteiger partial charge in [-0.3, -0.25) is 0 Å². The highest BCUT2D eigenvalue weighted by Gasteiger charge is 2.14. The fraction of sp³-hybridized carbons (Fsp3) is 0.0714. The average Bonchev–Trinajstić information content (AvgIpc) is 2.40. The number of nitrogen functional groups attached to an aromatic ring is 1. The lowest BCUT2D eigenvalue weighted by Gasteiger charge is -2.07. The number of ether oxygens (including phenoxy) is 1. The molecule has 0 saturated heterocycles. The molecule has 3 nitrogen and oxygen atoms in total. The number of hydrogen-bond acceptors (Lipinski definition) is 3. The largest absolute Gasteiger partial charge is 0.457 e. The molecule has 2 aromatic carbocycles. The van der Waals surface area contributed by atoms with E-state index in [-0.39, 0.29) is 23.4 Å². The molecule has 20 heavy (non-hydrogen) atoms. The van der Waals surface area contributed by atoms with Crippen LogP contribution >= 0.6 is 15.9 Å². The number of benzene rings is 2. The molecule has 104 valence electrons. The minimum Gasteiger partial charge on any atom is -0.457 e. The second kappa shape index (κ2) is 6.00. The number of halogens is 3. The van der Waals surface area contributed by atoms with Crippen molar-refractivity contribution in [1.82, 2.24) is 0 Å². The van der Waals surface area contributed by atoms with Gasteiger partial charge in [-0.1, -0.05) is 22.0 Å². The first-order valence-electron chi connectivity index (χ1n) is 5.63. The fourth-order valence-corrected chi connectivity index (χ4v) is 1.89. The fourth-order valence-electron chi connectivity index (χ4n) is 1.56. The summed E-state index contributed by atoms with van der Waals surface area (Å²) in [6.07, 6.45) is 0. The van der Waals surface area contributed by atoms with Gasteiger partial charge in [-0.15, -0.1) is 0 Å². The standard InChI is InChI=1S/C14H10BrF2NO2/c15-9-2-1-8(13(17)5-9)7-20-14(19)11-6-10(18)3-4-12(11)16/h1-6H,7,18H2. The first-order chi connectivity index (χ1) is 9.47. The molecular formula is C14H10BrF2NO2. The van der Waals surface area contributed by atoms with Gasteiger partial charge in [0.1, 0.15) is 18.2 Å². The zero-order valence-corrected chi connectivity index (χ0v) is 11.8. The van der Waals surface area contributed by atoms with Crippen molar-refractivity contribution < 1.29 is 18.3 Å². The van der Waals surface area contributed by atoms with E-state index in [1.165, 1.54) is 24.3 Å². The van der Waals surface area contributed by atoms with E-state index in [4.69, 9.17) is 10.5 Å². The molecule has 0 fully saturated rings. The van der Waals surface area contributed by atoms with E-state index in [0.717, 1.165) is 6.07 Å². The summed E-state index contributed by atoms with van der Waals surface area (Å²) in [5.74, 6) is -2.14. The molecule has 0 aromatic heterocycles. The summed E-state index contributed by atoms with van der Waals surface area (Å²) in [5, 5.41) is 0. The maximum absolute atomic E-state index is 13.5. The molecule has 0 unspecified atom stereocenters. The van der Waals surface area contributed by atoms with Gasteiger partial charge in [-0.2, -0.15) is 0 Å². The predicted octanol–water partition coefficient (Wildman–Crippen LogP) is 3.67. The number of carbonyl (C=O) groups is 1. The van der Waals surface area contributed by atoms with Crippen molar-refractivity contribution in [3.05, 3.63) is 63.6 Å². The maximum atomic E-state index is 13.5. The molecule has 0 atom stereocenters. The molecule has 6 heteroatoms. The molecule has 2 aromatic rings. The Bertz CT molecular complexity index is 662. The Hall–Kier alpha value is -1.95. The van der Waals surface area contributed by atoms with Crippen molar-refractivity contribution in [3.63, 3.8) is 0 Å². The van der Waals surface area contributed by atoms with Crippen molar-refractivity contribution in [2.75, 3.05) is 5.73 Å². The molecule has 0 spiro atoms. The summed E-state index contributed by atoms with van der Waals surface area (Å²) in [7, 11) is 0. The molecule has 2 rings (SSSR count). The highest BCUT2D eigenvalue weighted by Crippen LogP contribution is 2.18. The number of carbonyl (C=O) groups excluding carboxylic acids is 1. The van der Waals surface area contributed by atoms with Crippen LogP contribution in [-0.4, -0.2) is 5.97 Å². The Morgan fingerprint density at radius 3 is 2.60 bits per heavy atom. The van der Waals surface area contributed by atoms with Crippen LogP contribution in [0.4, 0.5) is 14.5 Å². The van der Waals surface area contributed by atoms with Crippen molar-refractivity contribution >= 4 is 27.6 Å². The number of nitrogens with two attached hydrogens (primary N) is 1. The molecule has 0 aliphatic carbocycles. The Morgan fingerprint density at radius 2 is 1.90 bits per heavy atom. The summed E-state index contributed by atoms with van der Waals surface area (Å²) < 4.78 is 32.4. The topological polar surface area (TPSA) is 52.3 Å². The highest BCUT2D eigenvalue weighted by molar-refractivity contribution is 9.10. The lowest BCUT2D eigenvalue weighted by molar-refractivity contribution is 0.0463. The minimum atomic E-state index is -0.892. The SMILES string of the molecule is Nc1ccc(F)c(C(=O)OCc2ccc(Br)cc2F)c1. The lowest BCUT2D eigenvalue weighted by Crippen LogP contribution is -2.09. The van der Waals surface area contributed by atoms with Gasteiger partial charge in [0, 0.05) is 15.7 Å². The van der Waals surface area contributed by atoms with Crippen LogP contribution in [0.3, 0.4) is 0 Å². The second-order valence-electron chi connectivity index (χ2n) is 4.05. The summed E-state index contributed by atoms with van der Waals surface area (Å²) in [6, 6.07) is 7.93. The van der Waals surface area contributed by atoms with Gasteiger partial charge in [0.15, 0.2) is 0 Å². The van der Waals surface area contributed by atoms with Crippen LogP contribution in [0.25, 0.3) is 0 Å². The smallest absolute Gasteiger partial charge is 0.341 e. The van der Waals surface area contributed by atoms with E-state index in [1.807, 2.05) is 0 Å². The molecule has 0 bridgehead atoms. The molecule has 0 amide bonds. The summed E-state index contributed by atoms with van der Waals surface area (Å²) in [5.41, 5.74) is 5.64. The maximum Gasteiger partial charge on any atom is 0.341 e. The van der Waals surface area contributed by atoms with Gasteiger partial charge < -0.3 is 10.5 Å². The zero-order valence-electron chi connectivity index (χ0n) is 10.2. The van der Waals surface area contributed by atoms with Crippen LogP contribution in [0.15, 0.2) is 40.9 Å². The molecule has 0 saturated carbocycles. The van der Waals surface area contributed by atoms with Crippen molar-refractivity contribution in [2.45, 2.75) is 6.61 Å². The summed E-state index contributed by atoms with van der Waals surface area (Å²) in [6.45, 7) is -0.286. The normalized spacial score (nSPS) is 10.3. The van der Waals surface area contributed by atoms with Crippen LogP contribution in [0.5, 0.6) is 0 Å². The van der Waals surface area contributed by atoms with Crippen LogP contribution < -0.4 is 5.73 Å². The van der Waals surface area contributed by atoms with E-state index in [0.29, 0.717) is 4.47 Å². The number of esters is 1. The molecule has 0 heterocycles. The predicted molar refractivity (Wildman–Crippen MR) is 74.0 cm³/mol. The Labute approximate surface area is 122 Å².